The van der Waals surface area contributed by atoms with Crippen molar-refractivity contribution in [3.8, 4) is 5.75 Å². The lowest BCUT2D eigenvalue weighted by Crippen LogP contribution is -2.37. The van der Waals surface area contributed by atoms with Crippen molar-refractivity contribution in [1.82, 2.24) is 14.5 Å². The van der Waals surface area contributed by atoms with E-state index in [1.54, 1.807) is 12.1 Å². The van der Waals surface area contributed by atoms with Gasteiger partial charge >= 0.3 is 5.97 Å². The first-order chi connectivity index (χ1) is 15.0. The number of ether oxygens (including phenoxy) is 2. The summed E-state index contributed by atoms with van der Waals surface area (Å²) in [6.07, 6.45) is 0.975. The van der Waals surface area contributed by atoms with E-state index in [2.05, 4.69) is 29.4 Å². The van der Waals surface area contributed by atoms with Gasteiger partial charge in [0, 0.05) is 26.2 Å². The largest absolute Gasteiger partial charge is 0.485 e. The van der Waals surface area contributed by atoms with Gasteiger partial charge in [0.15, 0.2) is 0 Å². The first-order valence-electron chi connectivity index (χ1n) is 10.7. The first-order valence-corrected chi connectivity index (χ1v) is 10.7. The molecule has 2 aromatic carbocycles. The Morgan fingerprint density at radius 2 is 1.97 bits per heavy atom. The minimum atomic E-state index is -0.947. The number of imidazole rings is 1. The Morgan fingerprint density at radius 3 is 2.74 bits per heavy atom. The molecule has 1 saturated heterocycles. The number of aromatic nitrogens is 2. The fourth-order valence-electron chi connectivity index (χ4n) is 3.97. The Labute approximate surface area is 182 Å². The van der Waals surface area contributed by atoms with Crippen LogP contribution in [0.2, 0.25) is 0 Å². The number of benzene rings is 2. The van der Waals surface area contributed by atoms with Crippen LogP contribution in [0.25, 0.3) is 11.0 Å². The van der Waals surface area contributed by atoms with Crippen LogP contribution in [-0.4, -0.2) is 58.4 Å². The van der Waals surface area contributed by atoms with Crippen molar-refractivity contribution in [2.24, 2.45) is 0 Å². The van der Waals surface area contributed by atoms with Gasteiger partial charge in [-0.25, -0.2) is 9.78 Å². The summed E-state index contributed by atoms with van der Waals surface area (Å²) in [6.45, 7) is 9.76. The molecule has 1 aliphatic heterocycles. The zero-order valence-corrected chi connectivity index (χ0v) is 18.1. The maximum atomic E-state index is 11.4. The van der Waals surface area contributed by atoms with Gasteiger partial charge in [0.25, 0.3) is 0 Å². The maximum absolute atomic E-state index is 11.4. The van der Waals surface area contributed by atoms with E-state index < -0.39 is 5.97 Å². The predicted octanol–water partition coefficient (Wildman–Crippen LogP) is 3.65. The molecule has 0 unspecified atom stereocenters. The van der Waals surface area contributed by atoms with Crippen molar-refractivity contribution in [2.75, 3.05) is 32.8 Å². The molecule has 7 nitrogen and oxygen atoms in total. The number of nitrogens with zero attached hydrogens (tertiary/aromatic N) is 3. The second-order valence-electron chi connectivity index (χ2n) is 7.98. The smallest absolute Gasteiger partial charge is 0.335 e. The van der Waals surface area contributed by atoms with Gasteiger partial charge < -0.3 is 19.1 Å². The van der Waals surface area contributed by atoms with Gasteiger partial charge in [0.2, 0.25) is 0 Å². The van der Waals surface area contributed by atoms with Crippen LogP contribution in [0.5, 0.6) is 5.75 Å². The van der Waals surface area contributed by atoms with Crippen molar-refractivity contribution in [3.63, 3.8) is 0 Å². The van der Waals surface area contributed by atoms with Gasteiger partial charge in [-0.15, -0.1) is 0 Å². The molecule has 0 bridgehead atoms. The van der Waals surface area contributed by atoms with E-state index in [-0.39, 0.29) is 5.56 Å². The van der Waals surface area contributed by atoms with Crippen molar-refractivity contribution in [2.45, 2.75) is 33.4 Å². The van der Waals surface area contributed by atoms with Crippen molar-refractivity contribution in [1.29, 1.82) is 0 Å². The van der Waals surface area contributed by atoms with E-state index in [0.717, 1.165) is 68.5 Å². The van der Waals surface area contributed by atoms with E-state index in [4.69, 9.17) is 14.5 Å². The fraction of sp³-hybridized carbons (Fsp3) is 0.417. The third-order valence-corrected chi connectivity index (χ3v) is 5.95. The molecule has 164 valence electrons. The highest BCUT2D eigenvalue weighted by molar-refractivity contribution is 5.92. The summed E-state index contributed by atoms with van der Waals surface area (Å²) in [6, 6.07) is 11.1. The maximum Gasteiger partial charge on any atom is 0.335 e. The molecule has 4 rings (SSSR count). The monoisotopic (exact) mass is 423 g/mol. The Bertz CT molecular complexity index is 1070. The van der Waals surface area contributed by atoms with Gasteiger partial charge in [-0.05, 0) is 55.7 Å². The van der Waals surface area contributed by atoms with E-state index in [1.165, 1.54) is 5.56 Å². The summed E-state index contributed by atoms with van der Waals surface area (Å²) < 4.78 is 13.7. The van der Waals surface area contributed by atoms with Crippen LogP contribution in [0, 0.1) is 13.8 Å². The van der Waals surface area contributed by atoms with Gasteiger partial charge in [-0.1, -0.05) is 12.1 Å². The molecular formula is C24H29N3O4. The Balaban J connectivity index is 1.56. The SMILES string of the molecule is Cc1cccc(OCc2nc3cc(C(=O)O)ccc3n2CCCN2CCOCC2)c1C. The summed E-state index contributed by atoms with van der Waals surface area (Å²) in [5, 5.41) is 9.34. The molecule has 3 aromatic rings. The topological polar surface area (TPSA) is 76.8 Å². The van der Waals surface area contributed by atoms with Gasteiger partial charge in [-0.2, -0.15) is 0 Å². The van der Waals surface area contributed by atoms with Crippen molar-refractivity contribution >= 4 is 17.0 Å². The molecule has 0 radical (unpaired) electrons. The van der Waals surface area contributed by atoms with E-state index in [1.807, 2.05) is 18.2 Å². The number of carboxylic acids is 1. The van der Waals surface area contributed by atoms with Gasteiger partial charge in [0.05, 0.1) is 29.8 Å². The normalized spacial score (nSPS) is 14.8. The zero-order chi connectivity index (χ0) is 21.8. The van der Waals surface area contributed by atoms with E-state index in [9.17, 15) is 9.90 Å². The van der Waals surface area contributed by atoms with Crippen molar-refractivity contribution in [3.05, 3.63) is 58.9 Å². The Morgan fingerprint density at radius 1 is 1.16 bits per heavy atom. The van der Waals surface area contributed by atoms with Gasteiger partial charge in [-0.3, -0.25) is 4.90 Å². The number of carbonyl (C=O) groups is 1. The van der Waals surface area contributed by atoms with E-state index >= 15 is 0 Å². The van der Waals surface area contributed by atoms with Crippen molar-refractivity contribution < 1.29 is 19.4 Å². The number of fused-ring (bicyclic) bond motifs is 1. The third kappa shape index (κ3) is 4.89. The summed E-state index contributed by atoms with van der Waals surface area (Å²) in [5.74, 6) is 0.704. The van der Waals surface area contributed by atoms with E-state index in [0.29, 0.717) is 12.1 Å². The number of hydrogen-bond acceptors (Lipinski definition) is 5. The lowest BCUT2D eigenvalue weighted by molar-refractivity contribution is 0.0369. The number of rotatable bonds is 8. The molecule has 0 saturated carbocycles. The van der Waals surface area contributed by atoms with Crippen LogP contribution in [0.15, 0.2) is 36.4 Å². The number of morpholine rings is 1. The molecule has 1 fully saturated rings. The molecule has 1 N–H and O–H groups in total. The highest BCUT2D eigenvalue weighted by atomic mass is 16.5. The first kappa shape index (κ1) is 21.3. The van der Waals surface area contributed by atoms with Crippen LogP contribution in [0.4, 0.5) is 0 Å². The number of hydrogen-bond donors (Lipinski definition) is 1. The zero-order valence-electron chi connectivity index (χ0n) is 18.1. The molecule has 0 aliphatic carbocycles. The Kier molecular flexibility index (Phi) is 6.53. The summed E-state index contributed by atoms with van der Waals surface area (Å²) in [4.78, 5) is 18.5. The molecule has 0 amide bonds. The average molecular weight is 424 g/mol. The standard InChI is InChI=1S/C24H29N3O4/c1-17-5-3-6-22(18(17)2)31-16-23-25-20-15-19(24(28)29)7-8-21(20)27(23)10-4-9-26-11-13-30-14-12-26/h3,5-8,15H,4,9-14,16H2,1-2H3,(H,28,29). The Hall–Kier alpha value is -2.90. The number of aromatic carboxylic acids is 1. The number of carboxylic acid groups (broad SMARTS) is 1. The summed E-state index contributed by atoms with van der Waals surface area (Å²) >= 11 is 0. The van der Waals surface area contributed by atoms with Gasteiger partial charge in [0.1, 0.15) is 18.2 Å². The minimum Gasteiger partial charge on any atom is -0.485 e. The minimum absolute atomic E-state index is 0.243. The predicted molar refractivity (Wildman–Crippen MR) is 119 cm³/mol. The summed E-state index contributed by atoms with van der Waals surface area (Å²) in [7, 11) is 0. The molecule has 1 aromatic heterocycles. The fourth-order valence-corrected chi connectivity index (χ4v) is 3.97. The molecule has 0 spiro atoms. The van der Waals surface area contributed by atoms with Crippen LogP contribution < -0.4 is 4.74 Å². The molecule has 1 aliphatic rings. The molecule has 0 atom stereocenters. The molecule has 2 heterocycles. The van der Waals surface area contributed by atoms with Crippen LogP contribution in [0.3, 0.4) is 0 Å². The lowest BCUT2D eigenvalue weighted by Gasteiger charge is -2.26. The third-order valence-electron chi connectivity index (χ3n) is 5.95. The average Bonchev–Trinajstić information content (AvgIpc) is 3.12. The quantitative estimate of drug-likeness (QED) is 0.596. The highest BCUT2D eigenvalue weighted by Gasteiger charge is 2.16. The lowest BCUT2D eigenvalue weighted by atomic mass is 10.1. The van der Waals surface area contributed by atoms with Crippen LogP contribution in [0.1, 0.15) is 33.7 Å². The molecule has 7 heteroatoms. The second-order valence-corrected chi connectivity index (χ2v) is 7.98. The molecular weight excluding hydrogens is 394 g/mol. The van der Waals surface area contributed by atoms with Crippen LogP contribution in [-0.2, 0) is 17.9 Å². The molecule has 31 heavy (non-hydrogen) atoms. The second kappa shape index (κ2) is 9.49. The highest BCUT2D eigenvalue weighted by Crippen LogP contribution is 2.24. The number of aryl methyl sites for hydroxylation is 2. The van der Waals surface area contributed by atoms with Crippen LogP contribution >= 0.6 is 0 Å². The summed E-state index contributed by atoms with van der Waals surface area (Å²) in [5.41, 5.74) is 4.16.